The molecule has 4 aromatic rings. The van der Waals surface area contributed by atoms with Crippen LogP contribution in [0.15, 0.2) is 73.1 Å². The molecule has 0 spiro atoms. The number of aromatic nitrogens is 2. The Labute approximate surface area is 156 Å². The maximum absolute atomic E-state index is 13.8. The lowest BCUT2D eigenvalue weighted by Crippen LogP contribution is -2.15. The smallest absolute Gasteiger partial charge is 0.228 e. The van der Waals surface area contributed by atoms with Gasteiger partial charge < -0.3 is 9.72 Å². The number of rotatable bonds is 4. The Morgan fingerprint density at radius 3 is 2.67 bits per heavy atom. The summed E-state index contributed by atoms with van der Waals surface area (Å²) in [6, 6.07) is 17.8. The zero-order valence-electron chi connectivity index (χ0n) is 14.8. The van der Waals surface area contributed by atoms with Gasteiger partial charge in [0.1, 0.15) is 11.5 Å². The maximum Gasteiger partial charge on any atom is 0.228 e. The highest BCUT2D eigenvalue weighted by Gasteiger charge is 2.13. The molecule has 27 heavy (non-hydrogen) atoms. The molecule has 0 aliphatic carbocycles. The summed E-state index contributed by atoms with van der Waals surface area (Å²) in [6.45, 7) is 2.01. The van der Waals surface area contributed by atoms with Crippen molar-refractivity contribution in [1.29, 1.82) is 0 Å². The number of aryl methyl sites for hydroxylation is 1. The Balaban J connectivity index is 1.64. The second-order valence-corrected chi connectivity index (χ2v) is 6.41. The van der Waals surface area contributed by atoms with Crippen LogP contribution in [0.4, 0.5) is 10.1 Å². The highest BCUT2D eigenvalue weighted by atomic mass is 19.1. The highest BCUT2D eigenvalue weighted by molar-refractivity contribution is 5.96. The van der Waals surface area contributed by atoms with E-state index in [9.17, 15) is 9.18 Å². The molecule has 2 aromatic carbocycles. The van der Waals surface area contributed by atoms with E-state index < -0.39 is 0 Å². The van der Waals surface area contributed by atoms with Gasteiger partial charge in [0.15, 0.2) is 0 Å². The van der Waals surface area contributed by atoms with Crippen molar-refractivity contribution < 1.29 is 9.18 Å². The summed E-state index contributed by atoms with van der Waals surface area (Å²) in [7, 11) is 0. The molecule has 1 N–H and O–H groups in total. The number of halogens is 1. The molecular formula is C22H18FN3O. The molecule has 0 radical (unpaired) electrons. The average molecular weight is 359 g/mol. The summed E-state index contributed by atoms with van der Waals surface area (Å²) in [5.74, 6) is -0.649. The van der Waals surface area contributed by atoms with E-state index in [-0.39, 0.29) is 18.1 Å². The number of pyridine rings is 1. The number of fused-ring (bicyclic) bond motifs is 1. The third kappa shape index (κ3) is 3.44. The fourth-order valence-electron chi connectivity index (χ4n) is 3.11. The van der Waals surface area contributed by atoms with Gasteiger partial charge in [0, 0.05) is 18.0 Å². The summed E-state index contributed by atoms with van der Waals surface area (Å²) in [5.41, 5.74) is 4.56. The predicted octanol–water partition coefficient (Wildman–Crippen LogP) is 4.63. The molecule has 4 nitrogen and oxygen atoms in total. The number of hydrogen-bond donors (Lipinski definition) is 1. The van der Waals surface area contributed by atoms with Crippen molar-refractivity contribution in [2.45, 2.75) is 13.3 Å². The number of imidazole rings is 1. The molecule has 1 amide bonds. The molecule has 0 fully saturated rings. The van der Waals surface area contributed by atoms with Crippen molar-refractivity contribution >= 4 is 17.2 Å². The van der Waals surface area contributed by atoms with Gasteiger partial charge in [0.05, 0.1) is 17.8 Å². The van der Waals surface area contributed by atoms with E-state index in [1.807, 2.05) is 60.1 Å². The predicted molar refractivity (Wildman–Crippen MR) is 104 cm³/mol. The van der Waals surface area contributed by atoms with E-state index in [0.29, 0.717) is 11.3 Å². The van der Waals surface area contributed by atoms with Gasteiger partial charge in [-0.3, -0.25) is 4.79 Å². The number of carbonyl (C=O) groups excluding carboxylic acids is 1. The third-order valence-corrected chi connectivity index (χ3v) is 4.46. The van der Waals surface area contributed by atoms with Crippen LogP contribution < -0.4 is 5.32 Å². The monoisotopic (exact) mass is 359 g/mol. The van der Waals surface area contributed by atoms with Crippen molar-refractivity contribution in [1.82, 2.24) is 9.38 Å². The molecular weight excluding hydrogens is 341 g/mol. The van der Waals surface area contributed by atoms with E-state index in [0.717, 1.165) is 22.5 Å². The lowest BCUT2D eigenvalue weighted by Gasteiger charge is -2.10. The topological polar surface area (TPSA) is 46.4 Å². The third-order valence-electron chi connectivity index (χ3n) is 4.46. The van der Waals surface area contributed by atoms with Gasteiger partial charge in [0.2, 0.25) is 5.91 Å². The Hall–Kier alpha value is -3.47. The van der Waals surface area contributed by atoms with E-state index in [1.165, 1.54) is 6.07 Å². The van der Waals surface area contributed by atoms with Crippen LogP contribution in [0.25, 0.3) is 16.9 Å². The fourth-order valence-corrected chi connectivity index (χ4v) is 3.11. The second-order valence-electron chi connectivity index (χ2n) is 6.41. The molecule has 5 heteroatoms. The van der Waals surface area contributed by atoms with Crippen LogP contribution in [0.1, 0.15) is 11.1 Å². The number of hydrogen-bond acceptors (Lipinski definition) is 2. The fraction of sp³-hybridized carbons (Fsp3) is 0.0909. The first-order chi connectivity index (χ1) is 13.1. The van der Waals surface area contributed by atoms with Gasteiger partial charge in [-0.15, -0.1) is 0 Å². The van der Waals surface area contributed by atoms with Crippen LogP contribution in [-0.2, 0) is 11.2 Å². The molecule has 4 rings (SSSR count). The number of carbonyl (C=O) groups is 1. The summed E-state index contributed by atoms with van der Waals surface area (Å²) in [6.07, 6.45) is 3.85. The van der Waals surface area contributed by atoms with Gasteiger partial charge >= 0.3 is 0 Å². The molecule has 0 saturated carbocycles. The second kappa shape index (κ2) is 7.03. The van der Waals surface area contributed by atoms with Crippen molar-refractivity contribution in [3.8, 4) is 11.3 Å². The molecule has 2 heterocycles. The van der Waals surface area contributed by atoms with Gasteiger partial charge in [0.25, 0.3) is 0 Å². The zero-order valence-corrected chi connectivity index (χ0v) is 14.8. The minimum Gasteiger partial charge on any atom is -0.325 e. The number of amides is 1. The minimum absolute atomic E-state index is 0.0225. The molecule has 134 valence electrons. The van der Waals surface area contributed by atoms with Crippen LogP contribution in [0, 0.1) is 12.7 Å². The van der Waals surface area contributed by atoms with Crippen LogP contribution >= 0.6 is 0 Å². The first-order valence-electron chi connectivity index (χ1n) is 8.69. The molecule has 0 saturated heterocycles. The van der Waals surface area contributed by atoms with Crippen LogP contribution in [0.5, 0.6) is 0 Å². The first kappa shape index (κ1) is 17.0. The van der Waals surface area contributed by atoms with Gasteiger partial charge in [-0.25, -0.2) is 9.37 Å². The van der Waals surface area contributed by atoms with Crippen molar-refractivity contribution in [3.63, 3.8) is 0 Å². The summed E-state index contributed by atoms with van der Waals surface area (Å²) >= 11 is 0. The first-order valence-corrected chi connectivity index (χ1v) is 8.69. The van der Waals surface area contributed by atoms with Crippen LogP contribution in [-0.4, -0.2) is 15.3 Å². The minimum atomic E-state index is -0.378. The van der Waals surface area contributed by atoms with E-state index in [2.05, 4.69) is 5.32 Å². The summed E-state index contributed by atoms with van der Waals surface area (Å²) in [5, 5.41) is 2.89. The summed E-state index contributed by atoms with van der Waals surface area (Å²) < 4.78 is 15.8. The van der Waals surface area contributed by atoms with Crippen LogP contribution in [0.2, 0.25) is 0 Å². The normalized spacial score (nSPS) is 10.9. The largest absolute Gasteiger partial charge is 0.325 e. The van der Waals surface area contributed by atoms with Crippen molar-refractivity contribution in [2.75, 3.05) is 5.32 Å². The van der Waals surface area contributed by atoms with Crippen LogP contribution in [0.3, 0.4) is 0 Å². The van der Waals surface area contributed by atoms with Gasteiger partial charge in [-0.1, -0.05) is 42.5 Å². The summed E-state index contributed by atoms with van der Waals surface area (Å²) in [4.78, 5) is 17.1. The Bertz CT molecular complexity index is 1130. The standard InChI is InChI=1S/C22H18FN3O/c1-15-7-6-12-26-14-20(25-22(15)26)17-9-3-5-11-19(17)24-21(27)13-16-8-2-4-10-18(16)23/h2-12,14H,13H2,1H3,(H,24,27). The Morgan fingerprint density at radius 2 is 1.85 bits per heavy atom. The van der Waals surface area contributed by atoms with Gasteiger partial charge in [-0.2, -0.15) is 0 Å². The maximum atomic E-state index is 13.8. The molecule has 0 bridgehead atoms. The van der Waals surface area contributed by atoms with Crippen molar-refractivity contribution in [3.05, 3.63) is 90.0 Å². The molecule has 0 atom stereocenters. The number of benzene rings is 2. The SMILES string of the molecule is Cc1cccn2cc(-c3ccccc3NC(=O)Cc3ccccc3F)nc12. The van der Waals surface area contributed by atoms with Crippen molar-refractivity contribution in [2.24, 2.45) is 0 Å². The van der Waals surface area contributed by atoms with Gasteiger partial charge in [-0.05, 0) is 36.2 Å². The van der Waals surface area contributed by atoms with E-state index in [4.69, 9.17) is 4.98 Å². The Kier molecular flexibility index (Phi) is 4.42. The Morgan fingerprint density at radius 1 is 1.07 bits per heavy atom. The lowest BCUT2D eigenvalue weighted by molar-refractivity contribution is -0.115. The zero-order chi connectivity index (χ0) is 18.8. The average Bonchev–Trinajstić information content (AvgIpc) is 3.10. The molecule has 0 unspecified atom stereocenters. The molecule has 0 aliphatic heterocycles. The van der Waals surface area contributed by atoms with E-state index in [1.54, 1.807) is 18.2 Å². The highest BCUT2D eigenvalue weighted by Crippen LogP contribution is 2.28. The number of nitrogens with one attached hydrogen (secondary N) is 1. The van der Waals surface area contributed by atoms with E-state index >= 15 is 0 Å². The number of para-hydroxylation sites is 1. The lowest BCUT2D eigenvalue weighted by atomic mass is 10.1. The number of anilines is 1. The quantitative estimate of drug-likeness (QED) is 0.577. The molecule has 2 aromatic heterocycles. The molecule has 0 aliphatic rings. The number of nitrogens with zero attached hydrogens (tertiary/aromatic N) is 2.